The predicted octanol–water partition coefficient (Wildman–Crippen LogP) is 8.98. The summed E-state index contributed by atoms with van der Waals surface area (Å²) in [5.74, 6) is 2.59. The van der Waals surface area contributed by atoms with Gasteiger partial charge in [0.25, 0.3) is 0 Å². The molecule has 0 amide bonds. The predicted molar refractivity (Wildman–Crippen MR) is 138 cm³/mol. The Hall–Kier alpha value is -3.39. The van der Waals surface area contributed by atoms with E-state index in [0.29, 0.717) is 5.92 Å². The highest BCUT2D eigenvalue weighted by Crippen LogP contribution is 2.52. The quantitative estimate of drug-likeness (QED) is 0.243. The molecule has 33 heavy (non-hydrogen) atoms. The van der Waals surface area contributed by atoms with Gasteiger partial charge in [0.2, 0.25) is 0 Å². The van der Waals surface area contributed by atoms with Gasteiger partial charge in [0.1, 0.15) is 11.5 Å². The summed E-state index contributed by atoms with van der Waals surface area (Å²) < 4.78 is 6.72. The smallest absolute Gasteiger partial charge is 0.140 e. The zero-order valence-corrected chi connectivity index (χ0v) is 19.2. The van der Waals surface area contributed by atoms with Crippen LogP contribution in [0, 0.1) is 13.8 Å². The first kappa shape index (κ1) is 19.1. The number of hydrogen-bond donors (Lipinski definition) is 0. The van der Waals surface area contributed by atoms with Gasteiger partial charge in [-0.05, 0) is 82.8 Å². The molecule has 0 bridgehead atoms. The standard InChI is InChI=1S/C31H27NO/c1-18-23-10-6-7-11-24(23)19(2)31-28(18)30-29-26(14-15-32-30)25-13-12-21(20-8-4-3-5-9-20)16-22(25)17-27(29)33-31/h6-7,10-17,20H,3-5,8-9H2,1-2H3. The minimum absolute atomic E-state index is 0.695. The van der Waals surface area contributed by atoms with Gasteiger partial charge in [0, 0.05) is 17.3 Å². The molecule has 2 aliphatic rings. The molecule has 1 fully saturated rings. The first-order chi connectivity index (χ1) is 16.2. The Bertz CT molecular complexity index is 1590. The van der Waals surface area contributed by atoms with Crippen LogP contribution in [0.25, 0.3) is 43.6 Å². The molecule has 1 aliphatic carbocycles. The number of pyridine rings is 1. The van der Waals surface area contributed by atoms with Crippen LogP contribution in [-0.4, -0.2) is 4.98 Å². The van der Waals surface area contributed by atoms with Gasteiger partial charge in [-0.2, -0.15) is 0 Å². The van der Waals surface area contributed by atoms with Crippen molar-refractivity contribution in [2.75, 3.05) is 0 Å². The van der Waals surface area contributed by atoms with Crippen molar-refractivity contribution < 1.29 is 4.74 Å². The van der Waals surface area contributed by atoms with Crippen molar-refractivity contribution in [3.8, 4) is 22.8 Å². The van der Waals surface area contributed by atoms with Crippen molar-refractivity contribution in [3.05, 3.63) is 77.5 Å². The van der Waals surface area contributed by atoms with E-state index >= 15 is 0 Å². The van der Waals surface area contributed by atoms with Gasteiger partial charge in [0.05, 0.1) is 11.1 Å². The van der Waals surface area contributed by atoms with E-state index < -0.39 is 0 Å². The van der Waals surface area contributed by atoms with Gasteiger partial charge in [-0.25, -0.2) is 0 Å². The number of rotatable bonds is 1. The fourth-order valence-corrected chi connectivity index (χ4v) is 6.33. The van der Waals surface area contributed by atoms with E-state index in [9.17, 15) is 0 Å². The van der Waals surface area contributed by atoms with Crippen molar-refractivity contribution in [1.82, 2.24) is 4.98 Å². The normalized spacial score (nSPS) is 15.7. The van der Waals surface area contributed by atoms with Crippen LogP contribution in [0.15, 0.2) is 60.8 Å². The van der Waals surface area contributed by atoms with E-state index in [0.717, 1.165) is 28.1 Å². The maximum atomic E-state index is 6.72. The molecule has 1 aromatic heterocycles. The lowest BCUT2D eigenvalue weighted by Crippen LogP contribution is -2.05. The van der Waals surface area contributed by atoms with Gasteiger partial charge < -0.3 is 4.74 Å². The van der Waals surface area contributed by atoms with Crippen LogP contribution in [0.2, 0.25) is 0 Å². The van der Waals surface area contributed by atoms with Crippen molar-refractivity contribution in [1.29, 1.82) is 0 Å². The molecule has 0 radical (unpaired) electrons. The fraction of sp³-hybridized carbons (Fsp3) is 0.258. The third-order valence-corrected chi connectivity index (χ3v) is 8.05. The van der Waals surface area contributed by atoms with Crippen LogP contribution in [-0.2, 0) is 0 Å². The third-order valence-electron chi connectivity index (χ3n) is 8.05. The van der Waals surface area contributed by atoms with E-state index in [1.165, 1.54) is 75.7 Å². The van der Waals surface area contributed by atoms with Crippen molar-refractivity contribution in [2.24, 2.45) is 0 Å². The Labute approximate surface area is 194 Å². The second-order valence-corrected chi connectivity index (χ2v) is 9.87. The summed E-state index contributed by atoms with van der Waals surface area (Å²) in [6.07, 6.45) is 8.69. The van der Waals surface area contributed by atoms with Gasteiger partial charge in [-0.1, -0.05) is 61.7 Å². The zero-order valence-electron chi connectivity index (χ0n) is 19.2. The summed E-state index contributed by atoms with van der Waals surface area (Å²) in [7, 11) is 0. The molecule has 162 valence electrons. The Morgan fingerprint density at radius 2 is 1.58 bits per heavy atom. The second-order valence-electron chi connectivity index (χ2n) is 9.87. The number of benzene rings is 4. The number of aryl methyl sites for hydroxylation is 2. The van der Waals surface area contributed by atoms with Crippen molar-refractivity contribution in [2.45, 2.75) is 51.9 Å². The van der Waals surface area contributed by atoms with Crippen molar-refractivity contribution >= 4 is 32.3 Å². The highest BCUT2D eigenvalue weighted by Gasteiger charge is 2.27. The van der Waals surface area contributed by atoms with Gasteiger partial charge in [-0.3, -0.25) is 4.98 Å². The summed E-state index contributed by atoms with van der Waals surface area (Å²) in [6, 6.07) is 20.1. The molecular weight excluding hydrogens is 402 g/mol. The number of aromatic nitrogens is 1. The molecule has 1 aliphatic heterocycles. The fourth-order valence-electron chi connectivity index (χ4n) is 6.33. The maximum Gasteiger partial charge on any atom is 0.140 e. The molecule has 0 spiro atoms. The number of nitrogens with zero attached hydrogens (tertiary/aromatic N) is 1. The first-order valence-corrected chi connectivity index (χ1v) is 12.3. The summed E-state index contributed by atoms with van der Waals surface area (Å²) in [6.45, 7) is 4.38. The molecule has 0 saturated heterocycles. The Balaban J connectivity index is 1.52. The van der Waals surface area contributed by atoms with Crippen molar-refractivity contribution in [3.63, 3.8) is 0 Å². The summed E-state index contributed by atoms with van der Waals surface area (Å²) >= 11 is 0. The topological polar surface area (TPSA) is 22.1 Å². The molecule has 0 atom stereocenters. The van der Waals surface area contributed by atoms with E-state index in [-0.39, 0.29) is 0 Å². The van der Waals surface area contributed by atoms with Crippen LogP contribution < -0.4 is 4.74 Å². The molecule has 0 N–H and O–H groups in total. The minimum Gasteiger partial charge on any atom is -0.456 e. The maximum absolute atomic E-state index is 6.72. The summed E-state index contributed by atoms with van der Waals surface area (Å²) in [4.78, 5) is 4.91. The molecule has 2 nitrogen and oxygen atoms in total. The molecule has 4 aromatic carbocycles. The van der Waals surface area contributed by atoms with E-state index in [1.54, 1.807) is 0 Å². The third kappa shape index (κ3) is 2.70. The monoisotopic (exact) mass is 429 g/mol. The molecule has 7 rings (SSSR count). The Morgan fingerprint density at radius 3 is 2.39 bits per heavy atom. The van der Waals surface area contributed by atoms with Gasteiger partial charge in [0.15, 0.2) is 0 Å². The molecule has 2 heteroatoms. The summed E-state index contributed by atoms with van der Waals surface area (Å²) in [5, 5.41) is 7.47. The highest BCUT2D eigenvalue weighted by atomic mass is 16.5. The van der Waals surface area contributed by atoms with Crippen LogP contribution >= 0.6 is 0 Å². The van der Waals surface area contributed by atoms with Crippen LogP contribution in [0.1, 0.15) is 54.7 Å². The molecule has 2 heterocycles. The van der Waals surface area contributed by atoms with Gasteiger partial charge in [-0.15, -0.1) is 0 Å². The minimum atomic E-state index is 0.695. The second kappa shape index (κ2) is 7.05. The lowest BCUT2D eigenvalue weighted by atomic mass is 9.83. The molecular formula is C31H27NO. The summed E-state index contributed by atoms with van der Waals surface area (Å²) in [5.41, 5.74) is 6.10. The SMILES string of the molecule is Cc1c2c(c(C)c3ccccc13)-c1nccc3c1c(cc1cc(C4CCCCC4)ccc13)O2. The van der Waals surface area contributed by atoms with Crippen LogP contribution in [0.3, 0.4) is 0 Å². The number of fused-ring (bicyclic) bond motifs is 5. The lowest BCUT2D eigenvalue weighted by Gasteiger charge is -2.26. The van der Waals surface area contributed by atoms with Gasteiger partial charge >= 0.3 is 0 Å². The Morgan fingerprint density at radius 1 is 0.788 bits per heavy atom. The largest absolute Gasteiger partial charge is 0.456 e. The highest BCUT2D eigenvalue weighted by molar-refractivity contribution is 6.17. The Kier molecular flexibility index (Phi) is 4.08. The van der Waals surface area contributed by atoms with E-state index in [4.69, 9.17) is 9.72 Å². The zero-order chi connectivity index (χ0) is 22.1. The number of hydrogen-bond acceptors (Lipinski definition) is 2. The average molecular weight is 430 g/mol. The first-order valence-electron chi connectivity index (χ1n) is 12.3. The average Bonchev–Trinajstić information content (AvgIpc) is 2.87. The van der Waals surface area contributed by atoms with E-state index in [2.05, 4.69) is 68.4 Å². The molecule has 0 unspecified atom stereocenters. The van der Waals surface area contributed by atoms with E-state index in [1.807, 2.05) is 6.20 Å². The molecule has 5 aromatic rings. The van der Waals surface area contributed by atoms with Crippen LogP contribution in [0.5, 0.6) is 11.5 Å². The van der Waals surface area contributed by atoms with Crippen LogP contribution in [0.4, 0.5) is 0 Å². The molecule has 1 saturated carbocycles. The lowest BCUT2D eigenvalue weighted by molar-refractivity contribution is 0.444. The number of ether oxygens (including phenoxy) is 1.